The third-order valence-electron chi connectivity index (χ3n) is 3.98. The van der Waals surface area contributed by atoms with Crippen molar-refractivity contribution in [2.75, 3.05) is 7.11 Å². The fraction of sp³-hybridized carbons (Fsp3) is 0.200. The monoisotopic (exact) mass is 352 g/mol. The van der Waals surface area contributed by atoms with Gasteiger partial charge in [0.15, 0.2) is 4.80 Å². The van der Waals surface area contributed by atoms with E-state index in [0.717, 1.165) is 16.6 Å². The van der Waals surface area contributed by atoms with Gasteiger partial charge < -0.3 is 9.30 Å². The molecule has 1 amide bonds. The topological polar surface area (TPSA) is 43.6 Å². The van der Waals surface area contributed by atoms with Gasteiger partial charge in [-0.05, 0) is 42.3 Å². The predicted molar refractivity (Wildman–Crippen MR) is 102 cm³/mol. The molecule has 0 spiro atoms. The number of benzene rings is 2. The number of nitrogens with zero attached hydrogens (tertiary/aromatic N) is 2. The number of methoxy groups -OCH3 is 1. The van der Waals surface area contributed by atoms with Gasteiger partial charge in [0.05, 0.1) is 17.3 Å². The Hall–Kier alpha value is -2.66. The lowest BCUT2D eigenvalue weighted by Gasteiger charge is -2.02. The van der Waals surface area contributed by atoms with Crippen LogP contribution in [0.4, 0.5) is 0 Å². The Bertz CT molecular complexity index is 998. The van der Waals surface area contributed by atoms with Gasteiger partial charge in [-0.1, -0.05) is 36.5 Å². The van der Waals surface area contributed by atoms with Gasteiger partial charge in [0.25, 0.3) is 5.91 Å². The Morgan fingerprint density at radius 3 is 2.88 bits per heavy atom. The van der Waals surface area contributed by atoms with Crippen molar-refractivity contribution in [1.82, 2.24) is 4.57 Å². The van der Waals surface area contributed by atoms with Crippen LogP contribution in [0, 0.1) is 0 Å². The minimum absolute atomic E-state index is 0.279. The molecule has 2 aromatic carbocycles. The van der Waals surface area contributed by atoms with Crippen LogP contribution < -0.4 is 9.54 Å². The van der Waals surface area contributed by atoms with Gasteiger partial charge >= 0.3 is 0 Å². The minimum Gasteiger partial charge on any atom is -0.497 e. The molecule has 0 aliphatic rings. The lowest BCUT2D eigenvalue weighted by atomic mass is 10.2. The maximum Gasteiger partial charge on any atom is 0.279 e. The number of rotatable bonds is 5. The molecule has 0 N–H and O–H groups in total. The summed E-state index contributed by atoms with van der Waals surface area (Å²) < 4.78 is 8.32. The third-order valence-corrected chi connectivity index (χ3v) is 5.02. The van der Waals surface area contributed by atoms with E-state index in [1.807, 2.05) is 10.6 Å². The largest absolute Gasteiger partial charge is 0.497 e. The number of fused-ring (bicyclic) bond motifs is 1. The van der Waals surface area contributed by atoms with E-state index >= 15 is 0 Å². The Morgan fingerprint density at radius 1 is 1.32 bits per heavy atom. The van der Waals surface area contributed by atoms with Gasteiger partial charge in [-0.3, -0.25) is 4.79 Å². The molecule has 0 radical (unpaired) electrons. The summed E-state index contributed by atoms with van der Waals surface area (Å²) in [5.74, 6) is 0.364. The average Bonchev–Trinajstić information content (AvgIpc) is 2.98. The molecule has 1 heterocycles. The number of aryl methyl sites for hydroxylation is 1. The number of allylic oxidation sites excluding steroid dienone is 1. The highest BCUT2D eigenvalue weighted by molar-refractivity contribution is 7.16. The lowest BCUT2D eigenvalue weighted by Crippen LogP contribution is -2.16. The average molecular weight is 352 g/mol. The van der Waals surface area contributed by atoms with E-state index in [4.69, 9.17) is 4.74 Å². The molecule has 0 aliphatic carbocycles. The second-order valence-electron chi connectivity index (χ2n) is 5.59. The summed E-state index contributed by atoms with van der Waals surface area (Å²) in [6, 6.07) is 13.4. The maximum atomic E-state index is 12.6. The quantitative estimate of drug-likeness (QED) is 0.646. The van der Waals surface area contributed by atoms with Crippen molar-refractivity contribution in [3.05, 3.63) is 71.0 Å². The van der Waals surface area contributed by atoms with Crippen LogP contribution in [0.1, 0.15) is 22.8 Å². The smallest absolute Gasteiger partial charge is 0.279 e. The van der Waals surface area contributed by atoms with Crippen LogP contribution >= 0.6 is 11.3 Å². The van der Waals surface area contributed by atoms with Crippen LogP contribution in [0.25, 0.3) is 10.2 Å². The zero-order chi connectivity index (χ0) is 17.8. The van der Waals surface area contributed by atoms with E-state index in [-0.39, 0.29) is 5.91 Å². The second kappa shape index (κ2) is 7.49. The number of hydrogen-bond donors (Lipinski definition) is 0. The number of thiazole rings is 1. The molecule has 3 aromatic rings. The first-order valence-corrected chi connectivity index (χ1v) is 8.94. The van der Waals surface area contributed by atoms with Crippen molar-refractivity contribution in [3.63, 3.8) is 0 Å². The first kappa shape index (κ1) is 17.2. The van der Waals surface area contributed by atoms with Crippen molar-refractivity contribution >= 4 is 27.5 Å². The molecule has 128 valence electrons. The minimum atomic E-state index is -0.279. The molecule has 0 fully saturated rings. The summed E-state index contributed by atoms with van der Waals surface area (Å²) in [5.41, 5.74) is 2.85. The summed E-state index contributed by atoms with van der Waals surface area (Å²) in [6.45, 7) is 6.55. The number of carbonyl (C=O) groups excluding carboxylic acids is 1. The third kappa shape index (κ3) is 3.56. The fourth-order valence-corrected chi connectivity index (χ4v) is 3.74. The van der Waals surface area contributed by atoms with E-state index in [1.54, 1.807) is 31.4 Å². The van der Waals surface area contributed by atoms with Crippen LogP contribution in [-0.2, 0) is 13.0 Å². The van der Waals surface area contributed by atoms with Crippen molar-refractivity contribution in [1.29, 1.82) is 0 Å². The summed E-state index contributed by atoms with van der Waals surface area (Å²) in [7, 11) is 1.58. The summed E-state index contributed by atoms with van der Waals surface area (Å²) in [5, 5.41) is 0. The molecule has 0 bridgehead atoms. The molecule has 0 atom stereocenters. The van der Waals surface area contributed by atoms with Crippen LogP contribution in [0.2, 0.25) is 0 Å². The van der Waals surface area contributed by atoms with E-state index in [2.05, 4.69) is 36.7 Å². The highest BCUT2D eigenvalue weighted by atomic mass is 32.1. The molecule has 0 unspecified atom stereocenters. The molecule has 5 heteroatoms. The summed E-state index contributed by atoms with van der Waals surface area (Å²) in [6.07, 6.45) is 2.79. The van der Waals surface area contributed by atoms with E-state index in [1.165, 1.54) is 16.9 Å². The molecule has 0 saturated heterocycles. The van der Waals surface area contributed by atoms with E-state index < -0.39 is 0 Å². The Morgan fingerprint density at radius 2 is 2.16 bits per heavy atom. The van der Waals surface area contributed by atoms with Gasteiger partial charge in [0.1, 0.15) is 5.75 Å². The number of hydrogen-bond acceptors (Lipinski definition) is 3. The van der Waals surface area contributed by atoms with Crippen molar-refractivity contribution in [3.8, 4) is 5.75 Å². The SMILES string of the molecule is C=CCn1c(=NC(=O)c2cccc(OC)c2)sc2cc(CC)ccc21. The van der Waals surface area contributed by atoms with Crippen LogP contribution in [-0.4, -0.2) is 17.6 Å². The van der Waals surface area contributed by atoms with Crippen LogP contribution in [0.15, 0.2) is 60.1 Å². The maximum absolute atomic E-state index is 12.6. The van der Waals surface area contributed by atoms with Gasteiger partial charge in [0.2, 0.25) is 0 Å². The first-order chi connectivity index (χ1) is 12.2. The lowest BCUT2D eigenvalue weighted by molar-refractivity contribution is 0.0997. The van der Waals surface area contributed by atoms with E-state index in [0.29, 0.717) is 22.7 Å². The predicted octanol–water partition coefficient (Wildman–Crippen LogP) is 4.20. The van der Waals surface area contributed by atoms with Gasteiger partial charge in [-0.15, -0.1) is 6.58 Å². The van der Waals surface area contributed by atoms with Crippen molar-refractivity contribution < 1.29 is 9.53 Å². The fourth-order valence-electron chi connectivity index (χ4n) is 2.64. The number of ether oxygens (including phenoxy) is 1. The van der Waals surface area contributed by atoms with Gasteiger partial charge in [-0.25, -0.2) is 0 Å². The number of carbonyl (C=O) groups is 1. The molecule has 0 saturated carbocycles. The Labute approximate surface area is 150 Å². The standard InChI is InChI=1S/C20H20N2O2S/c1-4-11-22-17-10-9-14(5-2)12-18(17)25-20(22)21-19(23)15-7-6-8-16(13-15)24-3/h4,6-10,12-13H,1,5,11H2,2-3H3. The molecular weight excluding hydrogens is 332 g/mol. The Balaban J connectivity index is 2.12. The number of aromatic nitrogens is 1. The molecule has 0 aliphatic heterocycles. The zero-order valence-corrected chi connectivity index (χ0v) is 15.2. The normalized spacial score (nSPS) is 11.7. The zero-order valence-electron chi connectivity index (χ0n) is 14.4. The van der Waals surface area contributed by atoms with Crippen molar-refractivity contribution in [2.45, 2.75) is 19.9 Å². The summed E-state index contributed by atoms with van der Waals surface area (Å²) >= 11 is 1.52. The van der Waals surface area contributed by atoms with Gasteiger partial charge in [-0.2, -0.15) is 4.99 Å². The van der Waals surface area contributed by atoms with Crippen LogP contribution in [0.3, 0.4) is 0 Å². The van der Waals surface area contributed by atoms with Crippen molar-refractivity contribution in [2.24, 2.45) is 4.99 Å². The Kier molecular flexibility index (Phi) is 5.14. The molecule has 3 rings (SSSR count). The molecule has 1 aromatic heterocycles. The molecular formula is C20H20N2O2S. The molecule has 25 heavy (non-hydrogen) atoms. The number of amides is 1. The molecule has 4 nitrogen and oxygen atoms in total. The second-order valence-corrected chi connectivity index (χ2v) is 6.60. The first-order valence-electron chi connectivity index (χ1n) is 8.12. The highest BCUT2D eigenvalue weighted by Gasteiger charge is 2.10. The van der Waals surface area contributed by atoms with Gasteiger partial charge in [0, 0.05) is 12.1 Å². The summed E-state index contributed by atoms with van der Waals surface area (Å²) in [4.78, 5) is 17.6. The highest BCUT2D eigenvalue weighted by Crippen LogP contribution is 2.20. The van der Waals surface area contributed by atoms with E-state index in [9.17, 15) is 4.79 Å². The van der Waals surface area contributed by atoms with Crippen LogP contribution in [0.5, 0.6) is 5.75 Å².